The summed E-state index contributed by atoms with van der Waals surface area (Å²) >= 11 is 2.02. The molecular weight excluding hydrogens is 184 g/mol. The van der Waals surface area contributed by atoms with Crippen molar-refractivity contribution in [3.05, 3.63) is 0 Å². The standard InChI is InChI=1S/C9H18N2OS/c10-11-9(12)6-3-7-13-8-4-1-2-5-8/h8H,1-7,10H2,(H,11,12). The van der Waals surface area contributed by atoms with Crippen LogP contribution in [0.5, 0.6) is 0 Å². The normalized spacial score (nSPS) is 17.6. The number of nitrogens with two attached hydrogens (primary N) is 1. The predicted molar refractivity (Wildman–Crippen MR) is 56.3 cm³/mol. The predicted octanol–water partition coefficient (Wildman–Crippen LogP) is 1.43. The van der Waals surface area contributed by atoms with Crippen LogP contribution in [0.3, 0.4) is 0 Å². The van der Waals surface area contributed by atoms with Gasteiger partial charge in [0.05, 0.1) is 0 Å². The van der Waals surface area contributed by atoms with Crippen LogP contribution in [-0.4, -0.2) is 16.9 Å². The topological polar surface area (TPSA) is 55.1 Å². The van der Waals surface area contributed by atoms with E-state index >= 15 is 0 Å². The molecule has 0 unspecified atom stereocenters. The Bertz CT molecular complexity index is 158. The van der Waals surface area contributed by atoms with Crippen molar-refractivity contribution < 1.29 is 4.79 Å². The van der Waals surface area contributed by atoms with E-state index < -0.39 is 0 Å². The van der Waals surface area contributed by atoms with Gasteiger partial charge >= 0.3 is 0 Å². The molecule has 0 aromatic carbocycles. The minimum atomic E-state index is -0.0491. The van der Waals surface area contributed by atoms with Crippen LogP contribution in [0.1, 0.15) is 38.5 Å². The number of nitrogens with one attached hydrogen (secondary N) is 1. The van der Waals surface area contributed by atoms with Gasteiger partial charge in [0.2, 0.25) is 5.91 Å². The van der Waals surface area contributed by atoms with E-state index in [1.807, 2.05) is 11.8 Å². The molecule has 76 valence electrons. The first-order valence-corrected chi connectivity index (χ1v) is 5.99. The minimum absolute atomic E-state index is 0.0491. The monoisotopic (exact) mass is 202 g/mol. The molecule has 1 aliphatic carbocycles. The third-order valence-corrected chi connectivity index (χ3v) is 3.83. The fourth-order valence-electron chi connectivity index (χ4n) is 1.61. The Balaban J connectivity index is 1.91. The molecule has 1 saturated carbocycles. The number of hydrogen-bond donors (Lipinski definition) is 2. The molecular formula is C9H18N2OS. The van der Waals surface area contributed by atoms with Crippen molar-refractivity contribution >= 4 is 17.7 Å². The number of carbonyl (C=O) groups is 1. The molecule has 1 amide bonds. The summed E-state index contributed by atoms with van der Waals surface area (Å²) in [4.78, 5) is 10.8. The lowest BCUT2D eigenvalue weighted by Gasteiger charge is -2.07. The molecule has 0 aromatic rings. The van der Waals surface area contributed by atoms with Crippen molar-refractivity contribution in [3.8, 4) is 0 Å². The summed E-state index contributed by atoms with van der Waals surface area (Å²) in [7, 11) is 0. The van der Waals surface area contributed by atoms with Crippen molar-refractivity contribution in [3.63, 3.8) is 0 Å². The molecule has 3 nitrogen and oxygen atoms in total. The summed E-state index contributed by atoms with van der Waals surface area (Å²) in [5, 5.41) is 0.862. The average molecular weight is 202 g/mol. The van der Waals surface area contributed by atoms with Crippen molar-refractivity contribution in [1.29, 1.82) is 0 Å². The van der Waals surface area contributed by atoms with E-state index in [0.29, 0.717) is 6.42 Å². The maximum atomic E-state index is 10.8. The summed E-state index contributed by atoms with van der Waals surface area (Å²) in [5.41, 5.74) is 2.15. The van der Waals surface area contributed by atoms with Crippen LogP contribution >= 0.6 is 11.8 Å². The lowest BCUT2D eigenvalue weighted by molar-refractivity contribution is -0.121. The zero-order valence-electron chi connectivity index (χ0n) is 7.92. The molecule has 1 aliphatic rings. The first kappa shape index (κ1) is 10.9. The number of carbonyl (C=O) groups excluding carboxylic acids is 1. The second-order valence-corrected chi connectivity index (χ2v) is 4.86. The number of amides is 1. The zero-order valence-corrected chi connectivity index (χ0v) is 8.74. The molecule has 0 bridgehead atoms. The van der Waals surface area contributed by atoms with Gasteiger partial charge in [0, 0.05) is 11.7 Å². The highest BCUT2D eigenvalue weighted by atomic mass is 32.2. The Kier molecular flexibility index (Phi) is 5.23. The molecule has 0 aromatic heterocycles. The Morgan fingerprint density at radius 3 is 2.77 bits per heavy atom. The first-order valence-electron chi connectivity index (χ1n) is 4.94. The van der Waals surface area contributed by atoms with Gasteiger partial charge in [-0.15, -0.1) is 0 Å². The van der Waals surface area contributed by atoms with Crippen LogP contribution in [0.2, 0.25) is 0 Å². The van der Waals surface area contributed by atoms with E-state index in [4.69, 9.17) is 5.84 Å². The number of hydrazine groups is 1. The molecule has 0 saturated heterocycles. The Morgan fingerprint density at radius 1 is 1.46 bits per heavy atom. The minimum Gasteiger partial charge on any atom is -0.294 e. The highest BCUT2D eigenvalue weighted by molar-refractivity contribution is 7.99. The largest absolute Gasteiger partial charge is 0.294 e. The molecule has 3 N–H and O–H groups in total. The van der Waals surface area contributed by atoms with E-state index in [9.17, 15) is 4.79 Å². The van der Waals surface area contributed by atoms with Gasteiger partial charge in [0.15, 0.2) is 0 Å². The lowest BCUT2D eigenvalue weighted by Crippen LogP contribution is -2.29. The van der Waals surface area contributed by atoms with Crippen LogP contribution in [0, 0.1) is 0 Å². The van der Waals surface area contributed by atoms with E-state index in [0.717, 1.165) is 17.4 Å². The van der Waals surface area contributed by atoms with Crippen molar-refractivity contribution in [2.75, 3.05) is 5.75 Å². The summed E-state index contributed by atoms with van der Waals surface area (Å²) in [6.45, 7) is 0. The summed E-state index contributed by atoms with van der Waals surface area (Å²) in [6, 6.07) is 0. The third kappa shape index (κ3) is 4.52. The highest BCUT2D eigenvalue weighted by Gasteiger charge is 2.14. The van der Waals surface area contributed by atoms with E-state index in [-0.39, 0.29) is 5.91 Å². The van der Waals surface area contributed by atoms with E-state index in [1.165, 1.54) is 25.7 Å². The molecule has 0 atom stereocenters. The van der Waals surface area contributed by atoms with Gasteiger partial charge < -0.3 is 0 Å². The van der Waals surface area contributed by atoms with Crippen molar-refractivity contribution in [2.24, 2.45) is 5.84 Å². The summed E-state index contributed by atoms with van der Waals surface area (Å²) < 4.78 is 0. The van der Waals surface area contributed by atoms with E-state index in [2.05, 4.69) is 5.43 Å². The smallest absolute Gasteiger partial charge is 0.233 e. The second-order valence-electron chi connectivity index (χ2n) is 3.45. The van der Waals surface area contributed by atoms with Crippen LogP contribution in [0.15, 0.2) is 0 Å². The zero-order chi connectivity index (χ0) is 9.52. The Labute approximate surface area is 83.8 Å². The highest BCUT2D eigenvalue weighted by Crippen LogP contribution is 2.29. The van der Waals surface area contributed by atoms with Crippen molar-refractivity contribution in [2.45, 2.75) is 43.8 Å². The van der Waals surface area contributed by atoms with Gasteiger partial charge in [-0.05, 0) is 25.0 Å². The van der Waals surface area contributed by atoms with Gasteiger partial charge in [0.25, 0.3) is 0 Å². The Hall–Kier alpha value is -0.220. The fourth-order valence-corrected chi connectivity index (χ4v) is 2.92. The Morgan fingerprint density at radius 2 is 2.15 bits per heavy atom. The van der Waals surface area contributed by atoms with Gasteiger partial charge in [-0.25, -0.2) is 5.84 Å². The number of rotatable bonds is 5. The summed E-state index contributed by atoms with van der Waals surface area (Å²) in [5.74, 6) is 6.02. The quantitative estimate of drug-likeness (QED) is 0.307. The molecule has 1 fully saturated rings. The van der Waals surface area contributed by atoms with Crippen LogP contribution < -0.4 is 11.3 Å². The average Bonchev–Trinajstić information content (AvgIpc) is 2.64. The van der Waals surface area contributed by atoms with Crippen LogP contribution in [0.25, 0.3) is 0 Å². The van der Waals surface area contributed by atoms with Crippen molar-refractivity contribution in [1.82, 2.24) is 5.43 Å². The van der Waals surface area contributed by atoms with E-state index in [1.54, 1.807) is 0 Å². The van der Waals surface area contributed by atoms with Gasteiger partial charge in [-0.2, -0.15) is 11.8 Å². The maximum Gasteiger partial charge on any atom is 0.233 e. The molecule has 13 heavy (non-hydrogen) atoms. The number of hydrogen-bond acceptors (Lipinski definition) is 3. The van der Waals surface area contributed by atoms with Gasteiger partial charge in [-0.1, -0.05) is 12.8 Å². The van der Waals surface area contributed by atoms with Crippen LogP contribution in [-0.2, 0) is 4.79 Å². The SMILES string of the molecule is NNC(=O)CCCSC1CCCC1. The molecule has 1 rings (SSSR count). The summed E-state index contributed by atoms with van der Waals surface area (Å²) in [6.07, 6.45) is 7.03. The number of thioether (sulfide) groups is 1. The third-order valence-electron chi connectivity index (χ3n) is 2.36. The van der Waals surface area contributed by atoms with Crippen LogP contribution in [0.4, 0.5) is 0 Å². The fraction of sp³-hybridized carbons (Fsp3) is 0.889. The molecule has 4 heteroatoms. The second kappa shape index (κ2) is 6.27. The maximum absolute atomic E-state index is 10.8. The lowest BCUT2D eigenvalue weighted by atomic mass is 10.3. The van der Waals surface area contributed by atoms with Gasteiger partial charge in [0.1, 0.15) is 0 Å². The molecule has 0 radical (unpaired) electrons. The molecule has 0 aliphatic heterocycles. The first-order chi connectivity index (χ1) is 6.33. The van der Waals surface area contributed by atoms with Gasteiger partial charge in [-0.3, -0.25) is 10.2 Å². The molecule has 0 spiro atoms. The molecule has 0 heterocycles.